The summed E-state index contributed by atoms with van der Waals surface area (Å²) in [4.78, 5) is 2.29. The van der Waals surface area contributed by atoms with E-state index in [1.807, 2.05) is 0 Å². The van der Waals surface area contributed by atoms with E-state index in [1.165, 1.54) is 0 Å². The van der Waals surface area contributed by atoms with Crippen molar-refractivity contribution < 1.29 is 4.74 Å². The highest BCUT2D eigenvalue weighted by atomic mass is 35.5. The van der Waals surface area contributed by atoms with E-state index in [0.717, 1.165) is 26.1 Å². The van der Waals surface area contributed by atoms with Crippen LogP contribution in [-0.4, -0.2) is 37.2 Å². The number of hydrogen-bond acceptors (Lipinski definition) is 3. The summed E-state index contributed by atoms with van der Waals surface area (Å²) in [5.41, 5.74) is 5.83. The zero-order chi connectivity index (χ0) is 12.3. The molecule has 0 radical (unpaired) electrons. The maximum atomic E-state index is 6.01. The molecule has 0 saturated carbocycles. The molecule has 2 N–H and O–H groups in total. The Hall–Kier alpha value is -0.190. The molecule has 0 spiro atoms. The number of likely N-dealkylation sites (tertiary alicyclic amines) is 1. The summed E-state index contributed by atoms with van der Waals surface area (Å²) < 4.78 is 5.62. The lowest BCUT2D eigenvalue weighted by Crippen LogP contribution is -2.29. The number of halogens is 3. The first-order chi connectivity index (χ1) is 8.16. The summed E-state index contributed by atoms with van der Waals surface area (Å²) in [6.07, 6.45) is 1.06. The molecular weight excluding hydrogens is 295 g/mol. The summed E-state index contributed by atoms with van der Waals surface area (Å²) in [6, 6.07) is 5.65. The molecule has 0 bridgehead atoms. The molecule has 1 aliphatic rings. The Balaban J connectivity index is 0.00000162. The summed E-state index contributed by atoms with van der Waals surface area (Å²) in [6.45, 7) is 3.42. The van der Waals surface area contributed by atoms with Crippen molar-refractivity contribution in [3.63, 3.8) is 0 Å². The fourth-order valence-corrected chi connectivity index (χ4v) is 2.47. The first-order valence-electron chi connectivity index (χ1n) is 5.71. The van der Waals surface area contributed by atoms with Gasteiger partial charge in [-0.1, -0.05) is 29.3 Å². The molecule has 18 heavy (non-hydrogen) atoms. The molecule has 1 aromatic rings. The van der Waals surface area contributed by atoms with Gasteiger partial charge in [-0.25, -0.2) is 0 Å². The Kier molecular flexibility index (Phi) is 6.53. The topological polar surface area (TPSA) is 38.5 Å². The molecule has 1 atom stereocenters. The maximum absolute atomic E-state index is 6.01. The zero-order valence-corrected chi connectivity index (χ0v) is 12.3. The predicted molar refractivity (Wildman–Crippen MR) is 78.2 cm³/mol. The molecule has 2 rings (SSSR count). The van der Waals surface area contributed by atoms with Gasteiger partial charge in [-0.2, -0.15) is 0 Å². The fourth-order valence-electron chi connectivity index (χ4n) is 1.96. The van der Waals surface area contributed by atoms with Crippen molar-refractivity contribution in [1.82, 2.24) is 4.90 Å². The first-order valence-corrected chi connectivity index (χ1v) is 6.47. The van der Waals surface area contributed by atoms with Gasteiger partial charge in [0.25, 0.3) is 0 Å². The second kappa shape index (κ2) is 7.41. The number of ether oxygens (including phenoxy) is 1. The Bertz CT molecular complexity index is 369. The maximum Gasteiger partial charge on any atom is 0.156 e. The minimum absolute atomic E-state index is 0. The molecule has 0 aliphatic carbocycles. The van der Waals surface area contributed by atoms with E-state index in [4.69, 9.17) is 33.7 Å². The molecule has 0 aromatic heterocycles. The molecule has 1 fully saturated rings. The number of benzene rings is 1. The fraction of sp³-hybridized carbons (Fsp3) is 0.500. The van der Waals surface area contributed by atoms with Crippen LogP contribution in [0.4, 0.5) is 0 Å². The lowest BCUT2D eigenvalue weighted by Gasteiger charge is -2.16. The van der Waals surface area contributed by atoms with Crippen molar-refractivity contribution in [1.29, 1.82) is 0 Å². The average molecular weight is 312 g/mol. The second-order valence-electron chi connectivity index (χ2n) is 4.25. The predicted octanol–water partition coefficient (Wildman–Crippen LogP) is 2.83. The molecule has 102 valence electrons. The molecule has 1 aromatic carbocycles. The van der Waals surface area contributed by atoms with E-state index >= 15 is 0 Å². The highest BCUT2D eigenvalue weighted by molar-refractivity contribution is 6.37. The van der Waals surface area contributed by atoms with Gasteiger partial charge in [0, 0.05) is 19.1 Å². The van der Waals surface area contributed by atoms with Crippen LogP contribution in [0, 0.1) is 0 Å². The van der Waals surface area contributed by atoms with Crippen LogP contribution in [0.1, 0.15) is 6.42 Å². The third kappa shape index (κ3) is 4.18. The van der Waals surface area contributed by atoms with E-state index in [2.05, 4.69) is 4.90 Å². The first kappa shape index (κ1) is 15.9. The van der Waals surface area contributed by atoms with Gasteiger partial charge in [-0.15, -0.1) is 12.4 Å². The number of hydrogen-bond donors (Lipinski definition) is 1. The Morgan fingerprint density at radius 2 is 2.00 bits per heavy atom. The Morgan fingerprint density at radius 1 is 1.33 bits per heavy atom. The SMILES string of the molecule is Cl.N[C@@H]1CCN(CCOc2c(Cl)cccc2Cl)C1. The van der Waals surface area contributed by atoms with Crippen LogP contribution in [0.25, 0.3) is 0 Å². The van der Waals surface area contributed by atoms with E-state index in [1.54, 1.807) is 18.2 Å². The normalized spacial score (nSPS) is 19.6. The molecule has 0 unspecified atom stereocenters. The van der Waals surface area contributed by atoms with Gasteiger partial charge in [0.1, 0.15) is 6.61 Å². The molecule has 1 heterocycles. The second-order valence-corrected chi connectivity index (χ2v) is 5.06. The molecule has 0 amide bonds. The minimum Gasteiger partial charge on any atom is -0.489 e. The molecule has 6 heteroatoms. The summed E-state index contributed by atoms with van der Waals surface area (Å²) in [5, 5.41) is 1.10. The van der Waals surface area contributed by atoms with Gasteiger partial charge in [0.05, 0.1) is 10.0 Å². The van der Waals surface area contributed by atoms with Crippen molar-refractivity contribution in [2.24, 2.45) is 5.73 Å². The van der Waals surface area contributed by atoms with Crippen LogP contribution >= 0.6 is 35.6 Å². The molecule has 1 aliphatic heterocycles. The highest BCUT2D eigenvalue weighted by Gasteiger charge is 2.18. The Morgan fingerprint density at radius 3 is 2.56 bits per heavy atom. The van der Waals surface area contributed by atoms with Crippen molar-refractivity contribution >= 4 is 35.6 Å². The van der Waals surface area contributed by atoms with Crippen LogP contribution in [0.2, 0.25) is 10.0 Å². The molecular formula is C12H17Cl3N2O. The Labute approximate surface area is 124 Å². The number of para-hydroxylation sites is 1. The quantitative estimate of drug-likeness (QED) is 0.929. The van der Waals surface area contributed by atoms with Crippen molar-refractivity contribution in [3.05, 3.63) is 28.2 Å². The van der Waals surface area contributed by atoms with Gasteiger partial charge in [0.2, 0.25) is 0 Å². The lowest BCUT2D eigenvalue weighted by molar-refractivity contribution is 0.236. The largest absolute Gasteiger partial charge is 0.489 e. The number of nitrogens with two attached hydrogens (primary N) is 1. The molecule has 3 nitrogen and oxygen atoms in total. The van der Waals surface area contributed by atoms with Crippen molar-refractivity contribution in [3.8, 4) is 5.75 Å². The van der Waals surface area contributed by atoms with Gasteiger partial charge in [-0.3, -0.25) is 4.90 Å². The lowest BCUT2D eigenvalue weighted by atomic mass is 10.3. The number of nitrogens with zero attached hydrogens (tertiary/aromatic N) is 1. The van der Waals surface area contributed by atoms with E-state index in [9.17, 15) is 0 Å². The van der Waals surface area contributed by atoms with E-state index in [-0.39, 0.29) is 12.4 Å². The van der Waals surface area contributed by atoms with Crippen LogP contribution < -0.4 is 10.5 Å². The van der Waals surface area contributed by atoms with Gasteiger partial charge in [0.15, 0.2) is 5.75 Å². The van der Waals surface area contributed by atoms with Crippen LogP contribution in [0.3, 0.4) is 0 Å². The number of rotatable bonds is 4. The summed E-state index contributed by atoms with van der Waals surface area (Å²) in [7, 11) is 0. The highest BCUT2D eigenvalue weighted by Crippen LogP contribution is 2.32. The van der Waals surface area contributed by atoms with Crippen LogP contribution in [-0.2, 0) is 0 Å². The monoisotopic (exact) mass is 310 g/mol. The van der Waals surface area contributed by atoms with Gasteiger partial charge < -0.3 is 10.5 Å². The summed E-state index contributed by atoms with van der Waals surface area (Å²) >= 11 is 12.0. The summed E-state index contributed by atoms with van der Waals surface area (Å²) in [5.74, 6) is 0.569. The van der Waals surface area contributed by atoms with Gasteiger partial charge in [-0.05, 0) is 25.1 Å². The van der Waals surface area contributed by atoms with Gasteiger partial charge >= 0.3 is 0 Å². The van der Waals surface area contributed by atoms with Crippen molar-refractivity contribution in [2.45, 2.75) is 12.5 Å². The van der Waals surface area contributed by atoms with Crippen LogP contribution in [0.5, 0.6) is 5.75 Å². The zero-order valence-electron chi connectivity index (χ0n) is 9.94. The average Bonchev–Trinajstić information content (AvgIpc) is 2.69. The standard InChI is InChI=1S/C12H16Cl2N2O.ClH/c13-10-2-1-3-11(14)12(10)17-7-6-16-5-4-9(15)8-16;/h1-3,9H,4-8,15H2;1H/t9-;/m1./s1. The third-order valence-corrected chi connectivity index (χ3v) is 3.48. The smallest absolute Gasteiger partial charge is 0.156 e. The third-order valence-electron chi connectivity index (χ3n) is 2.88. The van der Waals surface area contributed by atoms with E-state index < -0.39 is 0 Å². The minimum atomic E-state index is 0. The van der Waals surface area contributed by atoms with Crippen LogP contribution in [0.15, 0.2) is 18.2 Å². The van der Waals surface area contributed by atoms with Crippen molar-refractivity contribution in [2.75, 3.05) is 26.2 Å². The molecule has 1 saturated heterocycles. The van der Waals surface area contributed by atoms with E-state index in [0.29, 0.717) is 28.4 Å².